The standard InChI is InChI=1S/C13H30N.C2H4O2/c1-5-9-13-14(10-6-2,11-7-3)12-8-4;1-2(3)4/h5-13H2,1-4H3;1H3,(H,3,4)/q+1;/p-1. The van der Waals surface area contributed by atoms with Crippen LogP contribution >= 0.6 is 0 Å². The van der Waals surface area contributed by atoms with Gasteiger partial charge in [-0.2, -0.15) is 0 Å². The molecule has 0 aliphatic heterocycles. The lowest BCUT2D eigenvalue weighted by Gasteiger charge is -2.38. The first-order valence-corrected chi connectivity index (χ1v) is 7.50. The first-order chi connectivity index (χ1) is 8.47. The highest BCUT2D eigenvalue weighted by Crippen LogP contribution is 2.13. The molecule has 0 unspecified atom stereocenters. The summed E-state index contributed by atoms with van der Waals surface area (Å²) in [5.74, 6) is -1.08. The van der Waals surface area contributed by atoms with E-state index in [-0.39, 0.29) is 0 Å². The quantitative estimate of drug-likeness (QED) is 0.597. The Balaban J connectivity index is 0. The molecule has 0 radical (unpaired) electrons. The van der Waals surface area contributed by atoms with Crippen LogP contribution in [-0.4, -0.2) is 36.6 Å². The maximum atomic E-state index is 8.89. The van der Waals surface area contributed by atoms with Crippen molar-refractivity contribution in [3.8, 4) is 0 Å². The van der Waals surface area contributed by atoms with Crippen molar-refractivity contribution in [1.29, 1.82) is 0 Å². The van der Waals surface area contributed by atoms with E-state index in [1.165, 1.54) is 62.8 Å². The van der Waals surface area contributed by atoms with Gasteiger partial charge < -0.3 is 14.4 Å². The fourth-order valence-electron chi connectivity index (χ4n) is 2.59. The topological polar surface area (TPSA) is 40.1 Å². The Bertz CT molecular complexity index is 172. The van der Waals surface area contributed by atoms with E-state index < -0.39 is 5.97 Å². The molecule has 0 spiro atoms. The smallest absolute Gasteiger partial charge is 0.0786 e. The van der Waals surface area contributed by atoms with Crippen molar-refractivity contribution in [3.63, 3.8) is 0 Å². The van der Waals surface area contributed by atoms with E-state index in [0.717, 1.165) is 6.92 Å². The van der Waals surface area contributed by atoms with Crippen molar-refractivity contribution in [2.75, 3.05) is 26.2 Å². The molecule has 0 aliphatic carbocycles. The molecule has 0 aliphatic rings. The minimum atomic E-state index is -1.08. The average Bonchev–Trinajstić information content (AvgIpc) is 2.27. The molecular formula is C15H33NO2. The Labute approximate surface area is 114 Å². The van der Waals surface area contributed by atoms with Gasteiger partial charge in [0, 0.05) is 5.97 Å². The number of nitrogens with zero attached hydrogens (tertiary/aromatic N) is 1. The van der Waals surface area contributed by atoms with E-state index in [9.17, 15) is 0 Å². The summed E-state index contributed by atoms with van der Waals surface area (Å²) in [5, 5.41) is 8.89. The van der Waals surface area contributed by atoms with Gasteiger partial charge in [0.1, 0.15) is 0 Å². The highest BCUT2D eigenvalue weighted by atomic mass is 16.4. The molecule has 0 atom stereocenters. The van der Waals surface area contributed by atoms with Crippen LogP contribution in [0.2, 0.25) is 0 Å². The van der Waals surface area contributed by atoms with E-state index in [4.69, 9.17) is 9.90 Å². The summed E-state index contributed by atoms with van der Waals surface area (Å²) in [4.78, 5) is 8.89. The molecule has 0 bridgehead atoms. The van der Waals surface area contributed by atoms with E-state index in [1.54, 1.807) is 0 Å². The molecule has 3 heteroatoms. The molecule has 0 heterocycles. The highest BCUT2D eigenvalue weighted by molar-refractivity contribution is 5.60. The van der Waals surface area contributed by atoms with Crippen LogP contribution in [-0.2, 0) is 4.79 Å². The van der Waals surface area contributed by atoms with Crippen LogP contribution in [0.1, 0.15) is 66.7 Å². The van der Waals surface area contributed by atoms with Crippen molar-refractivity contribution >= 4 is 5.97 Å². The predicted molar refractivity (Wildman–Crippen MR) is 76.2 cm³/mol. The number of quaternary nitrogens is 1. The zero-order chi connectivity index (χ0) is 14.4. The van der Waals surface area contributed by atoms with Crippen LogP contribution in [0.15, 0.2) is 0 Å². The molecule has 0 saturated carbocycles. The Morgan fingerprint density at radius 2 is 1.17 bits per heavy atom. The Morgan fingerprint density at radius 3 is 1.39 bits per heavy atom. The Hall–Kier alpha value is -0.570. The van der Waals surface area contributed by atoms with Crippen LogP contribution in [0, 0.1) is 0 Å². The summed E-state index contributed by atoms with van der Waals surface area (Å²) in [6.07, 6.45) is 6.76. The van der Waals surface area contributed by atoms with E-state index in [1.807, 2.05) is 0 Å². The van der Waals surface area contributed by atoms with Gasteiger partial charge in [-0.25, -0.2) is 0 Å². The third-order valence-corrected chi connectivity index (χ3v) is 3.08. The first-order valence-electron chi connectivity index (χ1n) is 7.50. The first kappa shape index (κ1) is 19.8. The van der Waals surface area contributed by atoms with Crippen LogP contribution in [0.4, 0.5) is 0 Å². The number of aliphatic carboxylic acids is 1. The van der Waals surface area contributed by atoms with Gasteiger partial charge in [-0.3, -0.25) is 0 Å². The second-order valence-corrected chi connectivity index (χ2v) is 5.08. The number of carbonyl (C=O) groups excluding carboxylic acids is 1. The zero-order valence-corrected chi connectivity index (χ0v) is 13.1. The summed E-state index contributed by atoms with van der Waals surface area (Å²) < 4.78 is 1.39. The van der Waals surface area contributed by atoms with E-state index in [2.05, 4.69) is 27.7 Å². The summed E-state index contributed by atoms with van der Waals surface area (Å²) in [5.41, 5.74) is 0. The summed E-state index contributed by atoms with van der Waals surface area (Å²) in [7, 11) is 0. The van der Waals surface area contributed by atoms with Crippen molar-refractivity contribution in [1.82, 2.24) is 0 Å². The normalized spacial score (nSPS) is 10.7. The third kappa shape index (κ3) is 11.9. The summed E-state index contributed by atoms with van der Waals surface area (Å²) in [6, 6.07) is 0. The van der Waals surface area contributed by atoms with Crippen LogP contribution in [0.5, 0.6) is 0 Å². The number of hydrogen-bond acceptors (Lipinski definition) is 2. The maximum absolute atomic E-state index is 8.89. The second-order valence-electron chi connectivity index (χ2n) is 5.08. The van der Waals surface area contributed by atoms with Gasteiger partial charge >= 0.3 is 0 Å². The van der Waals surface area contributed by atoms with Gasteiger partial charge in [0.05, 0.1) is 26.2 Å². The van der Waals surface area contributed by atoms with E-state index in [0.29, 0.717) is 0 Å². The predicted octanol–water partition coefficient (Wildman–Crippen LogP) is 2.59. The number of rotatable bonds is 9. The number of carbonyl (C=O) groups is 1. The molecular weight excluding hydrogens is 226 g/mol. The van der Waals surface area contributed by atoms with Crippen molar-refractivity contribution in [2.24, 2.45) is 0 Å². The number of carboxylic acids is 1. The molecule has 110 valence electrons. The lowest BCUT2D eigenvalue weighted by molar-refractivity contribution is -0.928. The number of carboxylic acid groups (broad SMARTS) is 1. The highest BCUT2D eigenvalue weighted by Gasteiger charge is 2.23. The minimum Gasteiger partial charge on any atom is -0.550 e. The molecule has 3 nitrogen and oxygen atoms in total. The lowest BCUT2D eigenvalue weighted by Crippen LogP contribution is -2.50. The van der Waals surface area contributed by atoms with Gasteiger partial charge in [0.2, 0.25) is 0 Å². The molecule has 0 aromatic carbocycles. The van der Waals surface area contributed by atoms with Gasteiger partial charge in [-0.05, 0) is 32.6 Å². The van der Waals surface area contributed by atoms with Gasteiger partial charge in [0.15, 0.2) is 0 Å². The molecule has 0 N–H and O–H groups in total. The zero-order valence-electron chi connectivity index (χ0n) is 13.1. The molecule has 0 aromatic rings. The summed E-state index contributed by atoms with van der Waals surface area (Å²) in [6.45, 7) is 15.8. The van der Waals surface area contributed by atoms with Crippen LogP contribution < -0.4 is 5.11 Å². The fraction of sp³-hybridized carbons (Fsp3) is 0.933. The van der Waals surface area contributed by atoms with Crippen LogP contribution in [0.3, 0.4) is 0 Å². The third-order valence-electron chi connectivity index (χ3n) is 3.08. The van der Waals surface area contributed by atoms with Gasteiger partial charge in [-0.15, -0.1) is 0 Å². The summed E-state index contributed by atoms with van der Waals surface area (Å²) >= 11 is 0. The van der Waals surface area contributed by atoms with Crippen molar-refractivity contribution in [3.05, 3.63) is 0 Å². The lowest BCUT2D eigenvalue weighted by atomic mass is 10.2. The largest absolute Gasteiger partial charge is 0.550 e. The Morgan fingerprint density at radius 1 is 0.833 bits per heavy atom. The fourth-order valence-corrected chi connectivity index (χ4v) is 2.59. The molecule has 0 rings (SSSR count). The molecule has 0 saturated heterocycles. The number of unbranched alkanes of at least 4 members (excludes halogenated alkanes) is 1. The van der Waals surface area contributed by atoms with E-state index >= 15 is 0 Å². The van der Waals surface area contributed by atoms with Gasteiger partial charge in [-0.1, -0.05) is 34.1 Å². The molecule has 18 heavy (non-hydrogen) atoms. The molecule has 0 aromatic heterocycles. The molecule has 0 amide bonds. The van der Waals surface area contributed by atoms with Crippen molar-refractivity contribution in [2.45, 2.75) is 66.7 Å². The average molecular weight is 259 g/mol. The minimum absolute atomic E-state index is 0.972. The maximum Gasteiger partial charge on any atom is 0.0786 e. The van der Waals surface area contributed by atoms with Gasteiger partial charge in [0.25, 0.3) is 0 Å². The molecule has 0 fully saturated rings. The SMILES string of the molecule is CC(=O)[O-].CCCC[N+](CCC)(CCC)CCC. The van der Waals surface area contributed by atoms with Crippen LogP contribution in [0.25, 0.3) is 0 Å². The Kier molecular flexibility index (Phi) is 14.1. The van der Waals surface area contributed by atoms with Crippen molar-refractivity contribution < 1.29 is 14.4 Å². The second kappa shape index (κ2) is 12.9. The monoisotopic (exact) mass is 259 g/mol. The number of hydrogen-bond donors (Lipinski definition) is 0.